The molecule has 0 radical (unpaired) electrons. The summed E-state index contributed by atoms with van der Waals surface area (Å²) in [6.45, 7) is 5.86. The number of methoxy groups -OCH3 is 1. The maximum Gasteiger partial charge on any atom is 0.257 e. The molecule has 2 heterocycles. The number of ether oxygens (including phenoxy) is 2. The van der Waals surface area contributed by atoms with Crippen molar-refractivity contribution in [3.63, 3.8) is 0 Å². The second kappa shape index (κ2) is 12.6. The highest BCUT2D eigenvalue weighted by Gasteiger charge is 2.13. The van der Waals surface area contributed by atoms with Crippen LogP contribution in [-0.2, 0) is 18.3 Å². The summed E-state index contributed by atoms with van der Waals surface area (Å²) in [6, 6.07) is 14.9. The fourth-order valence-corrected chi connectivity index (χ4v) is 3.80. The summed E-state index contributed by atoms with van der Waals surface area (Å²) >= 11 is 0. The Morgan fingerprint density at radius 3 is 2.71 bits per heavy atom. The van der Waals surface area contributed by atoms with Crippen LogP contribution in [0.25, 0.3) is 0 Å². The van der Waals surface area contributed by atoms with Crippen LogP contribution < -0.4 is 15.4 Å². The van der Waals surface area contributed by atoms with Crippen molar-refractivity contribution in [2.24, 2.45) is 7.05 Å². The number of aryl methyl sites for hydroxylation is 2. The number of amides is 1. The number of rotatable bonds is 10. The van der Waals surface area contributed by atoms with Crippen LogP contribution in [0.2, 0.25) is 0 Å². The van der Waals surface area contributed by atoms with E-state index in [1.165, 1.54) is 0 Å². The number of anilines is 2. The molecule has 0 saturated carbocycles. The molecule has 0 unspecified atom stereocenters. The van der Waals surface area contributed by atoms with Crippen LogP contribution in [0, 0.1) is 18.8 Å². The highest BCUT2D eigenvalue weighted by Crippen LogP contribution is 2.20. The molecule has 4 rings (SSSR count). The van der Waals surface area contributed by atoms with Gasteiger partial charge >= 0.3 is 0 Å². The average molecular weight is 513 g/mol. The molecule has 0 bridgehead atoms. The van der Waals surface area contributed by atoms with Crippen molar-refractivity contribution in [2.45, 2.75) is 26.5 Å². The van der Waals surface area contributed by atoms with E-state index in [9.17, 15) is 4.79 Å². The monoisotopic (exact) mass is 512 g/mol. The lowest BCUT2D eigenvalue weighted by molar-refractivity contribution is 0.0917. The largest absolute Gasteiger partial charge is 0.488 e. The van der Waals surface area contributed by atoms with Crippen LogP contribution in [0.1, 0.15) is 34.0 Å². The van der Waals surface area contributed by atoms with Crippen LogP contribution in [0.3, 0.4) is 0 Å². The van der Waals surface area contributed by atoms with Crippen molar-refractivity contribution in [1.29, 1.82) is 0 Å². The maximum absolute atomic E-state index is 13.0. The standard InChI is InChI=1S/C29H32N6O3/c1-21-18-31-35(19-21)13-11-30-26-7-5-6-23(15-26)8-9-24-14-25(17-27(16-24)38-22(2)20-37-4)29(36)32-28-10-12-34(3)33-28/h5-7,10,12,14-19,22,30H,11,13,20H2,1-4H3,(H,32,33,36)/t22-/m0/s1. The third-order valence-electron chi connectivity index (χ3n) is 5.51. The molecule has 0 aliphatic rings. The number of benzene rings is 2. The molecule has 0 aliphatic heterocycles. The van der Waals surface area contributed by atoms with Gasteiger partial charge in [-0.1, -0.05) is 17.9 Å². The van der Waals surface area contributed by atoms with E-state index in [1.54, 1.807) is 43.2 Å². The molecule has 4 aromatic rings. The Kier molecular flexibility index (Phi) is 8.80. The van der Waals surface area contributed by atoms with E-state index < -0.39 is 0 Å². The van der Waals surface area contributed by atoms with E-state index in [4.69, 9.17) is 9.47 Å². The smallest absolute Gasteiger partial charge is 0.257 e. The molecular formula is C29H32N6O3. The lowest BCUT2D eigenvalue weighted by Crippen LogP contribution is -2.19. The first kappa shape index (κ1) is 26.5. The van der Waals surface area contributed by atoms with Crippen molar-refractivity contribution >= 4 is 17.4 Å². The van der Waals surface area contributed by atoms with Crippen LogP contribution >= 0.6 is 0 Å². The number of nitrogens with one attached hydrogen (secondary N) is 2. The van der Waals surface area contributed by atoms with Crippen molar-refractivity contribution in [3.8, 4) is 17.6 Å². The van der Waals surface area contributed by atoms with Gasteiger partial charge in [-0.15, -0.1) is 0 Å². The van der Waals surface area contributed by atoms with E-state index in [0.717, 1.165) is 29.9 Å². The summed E-state index contributed by atoms with van der Waals surface area (Å²) in [6.07, 6.45) is 5.44. The first-order valence-corrected chi connectivity index (χ1v) is 12.3. The number of aromatic nitrogens is 4. The van der Waals surface area contributed by atoms with Gasteiger partial charge in [-0.05, 0) is 55.8 Å². The zero-order valence-corrected chi connectivity index (χ0v) is 22.1. The topological polar surface area (TPSA) is 95.2 Å². The first-order valence-electron chi connectivity index (χ1n) is 12.3. The SMILES string of the molecule is COC[C@H](C)Oc1cc(C#Cc2cccc(NCCn3cc(C)cn3)c2)cc(C(=O)Nc2ccn(C)n2)c1. The summed E-state index contributed by atoms with van der Waals surface area (Å²) in [4.78, 5) is 13.0. The van der Waals surface area contributed by atoms with Gasteiger partial charge in [0.2, 0.25) is 0 Å². The van der Waals surface area contributed by atoms with Gasteiger partial charge < -0.3 is 20.1 Å². The Balaban J connectivity index is 1.50. The minimum absolute atomic E-state index is 0.191. The van der Waals surface area contributed by atoms with Gasteiger partial charge in [-0.3, -0.25) is 14.2 Å². The Hall–Kier alpha value is -4.55. The van der Waals surface area contributed by atoms with E-state index in [-0.39, 0.29) is 12.0 Å². The Morgan fingerprint density at radius 2 is 1.97 bits per heavy atom. The van der Waals surface area contributed by atoms with Gasteiger partial charge in [0.05, 0.1) is 19.3 Å². The van der Waals surface area contributed by atoms with Crippen LogP contribution in [0.15, 0.2) is 67.1 Å². The van der Waals surface area contributed by atoms with E-state index in [1.807, 2.05) is 61.3 Å². The van der Waals surface area contributed by atoms with Crippen molar-refractivity contribution in [2.75, 3.05) is 30.9 Å². The summed E-state index contributed by atoms with van der Waals surface area (Å²) in [7, 11) is 3.41. The molecule has 0 fully saturated rings. The molecule has 1 atom stereocenters. The third kappa shape index (κ3) is 7.72. The van der Waals surface area contributed by atoms with Crippen molar-refractivity contribution < 1.29 is 14.3 Å². The molecule has 1 amide bonds. The second-order valence-electron chi connectivity index (χ2n) is 9.00. The fraction of sp³-hybridized carbons (Fsp3) is 0.276. The van der Waals surface area contributed by atoms with Crippen LogP contribution in [0.5, 0.6) is 5.75 Å². The number of hydrogen-bond donors (Lipinski definition) is 2. The number of carbonyl (C=O) groups is 1. The van der Waals surface area contributed by atoms with Gasteiger partial charge in [0.1, 0.15) is 11.9 Å². The summed E-state index contributed by atoms with van der Waals surface area (Å²) in [5, 5.41) is 14.7. The Bertz CT molecular complexity index is 1450. The lowest BCUT2D eigenvalue weighted by atomic mass is 10.1. The minimum atomic E-state index is -0.296. The predicted octanol–water partition coefficient (Wildman–Crippen LogP) is 4.10. The number of hydrogen-bond acceptors (Lipinski definition) is 6. The van der Waals surface area contributed by atoms with E-state index >= 15 is 0 Å². The highest BCUT2D eigenvalue weighted by molar-refractivity contribution is 6.04. The minimum Gasteiger partial charge on any atom is -0.488 e. The summed E-state index contributed by atoms with van der Waals surface area (Å²) < 4.78 is 14.7. The molecule has 38 heavy (non-hydrogen) atoms. The van der Waals surface area contributed by atoms with Crippen molar-refractivity contribution in [3.05, 3.63) is 89.4 Å². The van der Waals surface area contributed by atoms with Crippen LogP contribution in [-0.4, -0.2) is 51.8 Å². The first-order chi connectivity index (χ1) is 18.4. The average Bonchev–Trinajstić information content (AvgIpc) is 3.50. The third-order valence-corrected chi connectivity index (χ3v) is 5.51. The predicted molar refractivity (Wildman–Crippen MR) is 147 cm³/mol. The Morgan fingerprint density at radius 1 is 1.13 bits per heavy atom. The van der Waals surface area contributed by atoms with Gasteiger partial charge in [-0.25, -0.2) is 0 Å². The van der Waals surface area contributed by atoms with Gasteiger partial charge in [0, 0.05) is 61.5 Å². The van der Waals surface area contributed by atoms with Gasteiger partial charge in [0.15, 0.2) is 5.82 Å². The lowest BCUT2D eigenvalue weighted by Gasteiger charge is -2.15. The molecule has 0 aliphatic carbocycles. The molecule has 9 nitrogen and oxygen atoms in total. The molecule has 0 spiro atoms. The molecule has 2 N–H and O–H groups in total. The molecular weight excluding hydrogens is 480 g/mol. The quantitative estimate of drug-likeness (QED) is 0.311. The van der Waals surface area contributed by atoms with Crippen LogP contribution in [0.4, 0.5) is 11.5 Å². The zero-order valence-electron chi connectivity index (χ0n) is 22.1. The van der Waals surface area contributed by atoms with Crippen molar-refractivity contribution in [1.82, 2.24) is 19.6 Å². The number of nitrogens with zero attached hydrogens (tertiary/aromatic N) is 4. The molecule has 9 heteroatoms. The maximum atomic E-state index is 13.0. The highest BCUT2D eigenvalue weighted by atomic mass is 16.5. The van der Waals surface area contributed by atoms with E-state index in [0.29, 0.717) is 29.3 Å². The second-order valence-corrected chi connectivity index (χ2v) is 9.00. The normalized spacial score (nSPS) is 11.4. The summed E-state index contributed by atoms with van der Waals surface area (Å²) in [5.41, 5.74) is 4.05. The zero-order chi connectivity index (χ0) is 26.9. The van der Waals surface area contributed by atoms with Gasteiger partial charge in [-0.2, -0.15) is 10.2 Å². The molecule has 2 aromatic heterocycles. The van der Waals surface area contributed by atoms with Gasteiger partial charge in [0.25, 0.3) is 5.91 Å². The fourth-order valence-electron chi connectivity index (χ4n) is 3.80. The van der Waals surface area contributed by atoms with E-state index in [2.05, 4.69) is 32.7 Å². The molecule has 2 aromatic carbocycles. The molecule has 196 valence electrons. The Labute approximate surface area is 222 Å². The molecule has 0 saturated heterocycles. The summed E-state index contributed by atoms with van der Waals surface area (Å²) in [5.74, 6) is 7.09. The number of carbonyl (C=O) groups excluding carboxylic acids is 1.